The maximum atomic E-state index is 13.0. The first-order valence-electron chi connectivity index (χ1n) is 8.84. The molecule has 3 aliphatic rings. The van der Waals surface area contributed by atoms with Crippen molar-refractivity contribution in [2.75, 3.05) is 6.54 Å². The zero-order chi connectivity index (χ0) is 14.0. The van der Waals surface area contributed by atoms with Crippen LogP contribution in [0.3, 0.4) is 0 Å². The lowest BCUT2D eigenvalue weighted by atomic mass is 9.88. The van der Waals surface area contributed by atoms with Crippen LogP contribution in [0.1, 0.15) is 77.6 Å². The average Bonchev–Trinajstić information content (AvgIpc) is 3.03. The first kappa shape index (κ1) is 14.4. The van der Waals surface area contributed by atoms with E-state index in [2.05, 4.69) is 17.1 Å². The Morgan fingerprint density at radius 1 is 1.15 bits per heavy atom. The van der Waals surface area contributed by atoms with Crippen LogP contribution in [-0.2, 0) is 4.79 Å². The number of amides is 1. The maximum absolute atomic E-state index is 13.0. The molecule has 3 nitrogen and oxygen atoms in total. The fourth-order valence-corrected chi connectivity index (χ4v) is 4.57. The van der Waals surface area contributed by atoms with Gasteiger partial charge < -0.3 is 4.90 Å². The van der Waals surface area contributed by atoms with Crippen molar-refractivity contribution in [1.29, 1.82) is 0 Å². The van der Waals surface area contributed by atoms with Gasteiger partial charge in [0.25, 0.3) is 0 Å². The Balaban J connectivity index is 1.70. The summed E-state index contributed by atoms with van der Waals surface area (Å²) in [5.74, 6) is 1.18. The molecule has 1 amide bonds. The van der Waals surface area contributed by atoms with Crippen LogP contribution in [0.25, 0.3) is 0 Å². The highest BCUT2D eigenvalue weighted by atomic mass is 16.2. The van der Waals surface area contributed by atoms with E-state index >= 15 is 0 Å². The van der Waals surface area contributed by atoms with Crippen LogP contribution in [0.2, 0.25) is 0 Å². The average molecular weight is 278 g/mol. The summed E-state index contributed by atoms with van der Waals surface area (Å²) in [6.45, 7) is 3.24. The van der Waals surface area contributed by atoms with Crippen molar-refractivity contribution in [3.63, 3.8) is 0 Å². The first-order chi connectivity index (χ1) is 9.75. The minimum absolute atomic E-state index is 0.172. The second-order valence-electron chi connectivity index (χ2n) is 7.20. The van der Waals surface area contributed by atoms with Gasteiger partial charge in [-0.3, -0.25) is 10.1 Å². The van der Waals surface area contributed by atoms with E-state index in [1.54, 1.807) is 0 Å². The molecule has 1 spiro atoms. The first-order valence-corrected chi connectivity index (χ1v) is 8.84. The molecule has 1 saturated heterocycles. The molecule has 1 unspecified atom stereocenters. The Labute approximate surface area is 123 Å². The van der Waals surface area contributed by atoms with Crippen molar-refractivity contribution in [2.45, 2.75) is 89.3 Å². The molecule has 0 aromatic rings. The summed E-state index contributed by atoms with van der Waals surface area (Å²) in [5, 5.41) is 3.73. The molecule has 0 aromatic carbocycles. The summed E-state index contributed by atoms with van der Waals surface area (Å²) < 4.78 is 0. The van der Waals surface area contributed by atoms with E-state index in [1.807, 2.05) is 0 Å². The Hall–Kier alpha value is -0.570. The fraction of sp³-hybridized carbons (Fsp3) is 0.941. The number of nitrogens with zero attached hydrogens (tertiary/aromatic N) is 1. The quantitative estimate of drug-likeness (QED) is 0.854. The molecule has 3 rings (SSSR count). The minimum atomic E-state index is -0.172. The smallest absolute Gasteiger partial charge is 0.244 e. The summed E-state index contributed by atoms with van der Waals surface area (Å²) in [5.41, 5.74) is -0.172. The normalized spacial score (nSPS) is 30.6. The molecule has 2 aliphatic carbocycles. The SMILES string of the molecule is CCCC1NC2(CCCC2)C(=O)N1CC1CCCCC1. The number of carbonyl (C=O) groups is 1. The lowest BCUT2D eigenvalue weighted by Gasteiger charge is -2.30. The largest absolute Gasteiger partial charge is 0.325 e. The Morgan fingerprint density at radius 2 is 1.85 bits per heavy atom. The molecular formula is C17H30N2O. The third-order valence-corrected chi connectivity index (χ3v) is 5.69. The van der Waals surface area contributed by atoms with Crippen LogP contribution in [0.4, 0.5) is 0 Å². The van der Waals surface area contributed by atoms with Crippen LogP contribution in [-0.4, -0.2) is 29.1 Å². The standard InChI is InChI=1S/C17H30N2O/c1-2-8-15-18-17(11-6-7-12-17)16(20)19(15)13-14-9-4-3-5-10-14/h14-15,18H,2-13H2,1H3. The van der Waals surface area contributed by atoms with Gasteiger partial charge in [-0.15, -0.1) is 0 Å². The van der Waals surface area contributed by atoms with Crippen molar-refractivity contribution < 1.29 is 4.79 Å². The molecular weight excluding hydrogens is 248 g/mol. The molecule has 0 bridgehead atoms. The summed E-state index contributed by atoms with van der Waals surface area (Å²) in [6, 6.07) is 0. The lowest BCUT2D eigenvalue weighted by molar-refractivity contribution is -0.134. The lowest BCUT2D eigenvalue weighted by Crippen LogP contribution is -2.44. The second kappa shape index (κ2) is 6.05. The number of hydrogen-bond donors (Lipinski definition) is 1. The highest BCUT2D eigenvalue weighted by Crippen LogP contribution is 2.38. The zero-order valence-electron chi connectivity index (χ0n) is 13.0. The van der Waals surface area contributed by atoms with Crippen LogP contribution in [0.5, 0.6) is 0 Å². The van der Waals surface area contributed by atoms with E-state index in [0.717, 1.165) is 38.1 Å². The molecule has 1 aliphatic heterocycles. The highest BCUT2D eigenvalue weighted by Gasteiger charge is 2.52. The van der Waals surface area contributed by atoms with Gasteiger partial charge in [0.2, 0.25) is 5.91 Å². The van der Waals surface area contributed by atoms with Crippen molar-refractivity contribution >= 4 is 5.91 Å². The van der Waals surface area contributed by atoms with Gasteiger partial charge in [-0.1, -0.05) is 45.4 Å². The maximum Gasteiger partial charge on any atom is 0.244 e. The number of hydrogen-bond acceptors (Lipinski definition) is 2. The van der Waals surface area contributed by atoms with Crippen LogP contribution >= 0.6 is 0 Å². The molecule has 114 valence electrons. The van der Waals surface area contributed by atoms with Gasteiger partial charge in [0, 0.05) is 6.54 Å². The van der Waals surface area contributed by atoms with Gasteiger partial charge in [-0.25, -0.2) is 0 Å². The molecule has 3 fully saturated rings. The van der Waals surface area contributed by atoms with Gasteiger partial charge in [-0.05, 0) is 38.0 Å². The van der Waals surface area contributed by atoms with E-state index < -0.39 is 0 Å². The Bertz CT molecular complexity index is 343. The number of carbonyl (C=O) groups excluding carboxylic acids is 1. The second-order valence-corrected chi connectivity index (χ2v) is 7.20. The molecule has 20 heavy (non-hydrogen) atoms. The van der Waals surface area contributed by atoms with Crippen LogP contribution < -0.4 is 5.32 Å². The molecule has 1 atom stereocenters. The zero-order valence-corrected chi connectivity index (χ0v) is 13.0. The van der Waals surface area contributed by atoms with E-state index in [1.165, 1.54) is 44.9 Å². The third kappa shape index (κ3) is 2.61. The minimum Gasteiger partial charge on any atom is -0.325 e. The predicted octanol–water partition coefficient (Wildman–Crippen LogP) is 3.44. The molecule has 3 heteroatoms. The highest BCUT2D eigenvalue weighted by molar-refractivity contribution is 5.89. The monoisotopic (exact) mass is 278 g/mol. The topological polar surface area (TPSA) is 32.3 Å². The summed E-state index contributed by atoms with van der Waals surface area (Å²) >= 11 is 0. The van der Waals surface area contributed by atoms with Gasteiger partial charge in [0.1, 0.15) is 0 Å². The Morgan fingerprint density at radius 3 is 2.50 bits per heavy atom. The fourth-order valence-electron chi connectivity index (χ4n) is 4.57. The van der Waals surface area contributed by atoms with Crippen molar-refractivity contribution in [1.82, 2.24) is 10.2 Å². The van der Waals surface area contributed by atoms with Crippen molar-refractivity contribution in [2.24, 2.45) is 5.92 Å². The Kier molecular flexibility index (Phi) is 4.34. The van der Waals surface area contributed by atoms with Gasteiger partial charge in [-0.2, -0.15) is 0 Å². The van der Waals surface area contributed by atoms with E-state index in [9.17, 15) is 4.79 Å². The van der Waals surface area contributed by atoms with Crippen LogP contribution in [0.15, 0.2) is 0 Å². The number of rotatable bonds is 4. The summed E-state index contributed by atoms with van der Waals surface area (Å²) in [6.07, 6.45) is 13.9. The van der Waals surface area contributed by atoms with E-state index in [0.29, 0.717) is 12.1 Å². The number of nitrogens with one attached hydrogen (secondary N) is 1. The predicted molar refractivity (Wildman–Crippen MR) is 81.3 cm³/mol. The van der Waals surface area contributed by atoms with E-state index in [4.69, 9.17) is 0 Å². The molecule has 1 heterocycles. The van der Waals surface area contributed by atoms with Crippen molar-refractivity contribution in [3.05, 3.63) is 0 Å². The van der Waals surface area contributed by atoms with Gasteiger partial charge in [0.05, 0.1) is 11.7 Å². The molecule has 0 aromatic heterocycles. The summed E-state index contributed by atoms with van der Waals surface area (Å²) in [4.78, 5) is 15.2. The third-order valence-electron chi connectivity index (χ3n) is 5.69. The summed E-state index contributed by atoms with van der Waals surface area (Å²) in [7, 11) is 0. The van der Waals surface area contributed by atoms with Gasteiger partial charge in [0.15, 0.2) is 0 Å². The van der Waals surface area contributed by atoms with Gasteiger partial charge >= 0.3 is 0 Å². The molecule has 2 saturated carbocycles. The van der Waals surface area contributed by atoms with E-state index in [-0.39, 0.29) is 5.54 Å². The van der Waals surface area contributed by atoms with Crippen LogP contribution in [0, 0.1) is 5.92 Å². The molecule has 0 radical (unpaired) electrons. The molecule has 1 N–H and O–H groups in total. The van der Waals surface area contributed by atoms with Crippen molar-refractivity contribution in [3.8, 4) is 0 Å².